The van der Waals surface area contributed by atoms with Gasteiger partial charge in [0.15, 0.2) is 5.65 Å². The Morgan fingerprint density at radius 2 is 1.85 bits per heavy atom. The molecule has 2 aromatic heterocycles. The zero-order valence-electron chi connectivity index (χ0n) is 22.7. The summed E-state index contributed by atoms with van der Waals surface area (Å²) in [6.45, 7) is 7.16. The smallest absolute Gasteiger partial charge is 0.278 e. The molecule has 1 fully saturated rings. The Labute approximate surface area is 227 Å². The summed E-state index contributed by atoms with van der Waals surface area (Å²) in [7, 11) is 5.90. The normalized spacial score (nSPS) is 14.2. The number of allylic oxidation sites excluding steroid dienone is 1. The van der Waals surface area contributed by atoms with Crippen LogP contribution >= 0.6 is 0 Å². The van der Waals surface area contributed by atoms with Gasteiger partial charge in [-0.05, 0) is 56.1 Å². The van der Waals surface area contributed by atoms with Crippen molar-refractivity contribution in [2.75, 3.05) is 51.0 Å². The predicted octanol–water partition coefficient (Wildman–Crippen LogP) is 3.24. The van der Waals surface area contributed by atoms with Crippen LogP contribution in [0.25, 0.3) is 16.7 Å². The van der Waals surface area contributed by atoms with E-state index in [4.69, 9.17) is 4.98 Å². The van der Waals surface area contributed by atoms with Crippen molar-refractivity contribution in [1.82, 2.24) is 29.1 Å². The lowest BCUT2D eigenvalue weighted by molar-refractivity contribution is -0.129. The van der Waals surface area contributed by atoms with Gasteiger partial charge in [0.05, 0.1) is 12.2 Å². The molecule has 0 spiro atoms. The summed E-state index contributed by atoms with van der Waals surface area (Å²) >= 11 is 0. The first-order valence-corrected chi connectivity index (χ1v) is 13.0. The van der Waals surface area contributed by atoms with E-state index in [-0.39, 0.29) is 11.5 Å². The quantitative estimate of drug-likeness (QED) is 0.353. The van der Waals surface area contributed by atoms with Crippen LogP contribution in [-0.4, -0.2) is 75.8 Å². The number of carbonyl (C=O) groups is 1. The van der Waals surface area contributed by atoms with Crippen LogP contribution in [0.2, 0.25) is 0 Å². The molecule has 1 N–H and O–H groups in total. The lowest BCUT2D eigenvalue weighted by Crippen LogP contribution is -2.29. The number of fused-ring (bicyclic) bond motifs is 1. The van der Waals surface area contributed by atoms with Crippen molar-refractivity contribution in [2.24, 2.45) is 0 Å². The number of benzene rings is 2. The Hall–Kier alpha value is -4.44. The maximum atomic E-state index is 13.3. The Bertz CT molecular complexity index is 1550. The number of amides is 1. The number of aromatic nitrogens is 4. The van der Waals surface area contributed by atoms with Crippen LogP contribution in [-0.2, 0) is 17.9 Å². The Morgan fingerprint density at radius 1 is 1.05 bits per heavy atom. The molecule has 1 aliphatic rings. The molecule has 5 rings (SSSR count). The lowest BCUT2D eigenvalue weighted by Gasteiger charge is -2.22. The average molecular weight is 527 g/mol. The van der Waals surface area contributed by atoms with E-state index < -0.39 is 0 Å². The Morgan fingerprint density at radius 3 is 2.59 bits per heavy atom. The fourth-order valence-corrected chi connectivity index (χ4v) is 4.86. The maximum absolute atomic E-state index is 13.3. The number of hydrogen-bond acceptors (Lipinski definition) is 7. The first kappa shape index (κ1) is 26.2. The number of carbonyl (C=O) groups excluding carboxylic acids is 1. The van der Waals surface area contributed by atoms with Crippen LogP contribution in [0.1, 0.15) is 12.0 Å². The molecule has 0 radical (unpaired) electrons. The molecule has 0 aliphatic carbocycles. The van der Waals surface area contributed by atoms with Crippen LogP contribution in [0.4, 0.5) is 17.3 Å². The number of likely N-dealkylation sites (N-methyl/N-ethyl adjacent to an activating group) is 1. The zero-order chi connectivity index (χ0) is 27.5. The maximum Gasteiger partial charge on any atom is 0.278 e. The van der Waals surface area contributed by atoms with Gasteiger partial charge in [0.2, 0.25) is 11.9 Å². The fraction of sp³-hybridized carbons (Fsp3) is 0.310. The van der Waals surface area contributed by atoms with Gasteiger partial charge in [-0.15, -0.1) is 6.58 Å². The van der Waals surface area contributed by atoms with E-state index >= 15 is 0 Å². The molecule has 0 bridgehead atoms. The molecular formula is C29H34N8O2. The van der Waals surface area contributed by atoms with Crippen LogP contribution in [0.15, 0.2) is 72.2 Å². The summed E-state index contributed by atoms with van der Waals surface area (Å²) in [6, 6.07) is 16.1. The van der Waals surface area contributed by atoms with Crippen LogP contribution < -0.4 is 15.8 Å². The second kappa shape index (κ2) is 11.1. The third-order valence-electron chi connectivity index (χ3n) is 6.85. The first-order valence-electron chi connectivity index (χ1n) is 13.0. The van der Waals surface area contributed by atoms with Gasteiger partial charge in [-0.1, -0.05) is 18.2 Å². The van der Waals surface area contributed by atoms with Crippen LogP contribution in [0.5, 0.6) is 0 Å². The van der Waals surface area contributed by atoms with Crippen molar-refractivity contribution in [2.45, 2.75) is 19.5 Å². The fourth-order valence-electron chi connectivity index (χ4n) is 4.86. The van der Waals surface area contributed by atoms with Crippen molar-refractivity contribution in [3.63, 3.8) is 0 Å². The van der Waals surface area contributed by atoms with Crippen molar-refractivity contribution in [3.05, 3.63) is 83.3 Å². The minimum absolute atomic E-state index is 0.166. The van der Waals surface area contributed by atoms with Gasteiger partial charge >= 0.3 is 0 Å². The zero-order valence-corrected chi connectivity index (χ0v) is 22.7. The average Bonchev–Trinajstić information content (AvgIpc) is 3.07. The second-order valence-corrected chi connectivity index (χ2v) is 10.1. The molecule has 10 heteroatoms. The number of nitrogens with one attached hydrogen (secondary N) is 1. The highest BCUT2D eigenvalue weighted by Crippen LogP contribution is 2.23. The molecule has 39 heavy (non-hydrogen) atoms. The minimum Gasteiger partial charge on any atom is -0.369 e. The molecule has 0 saturated carbocycles. The van der Waals surface area contributed by atoms with Gasteiger partial charge in [-0.25, -0.2) is 14.3 Å². The summed E-state index contributed by atoms with van der Waals surface area (Å²) in [5.41, 5.74) is 4.22. The molecule has 1 amide bonds. The highest BCUT2D eigenvalue weighted by atomic mass is 16.2. The highest BCUT2D eigenvalue weighted by Gasteiger charge is 2.19. The topological polar surface area (TPSA) is 91.5 Å². The number of hydrogen-bond donors (Lipinski definition) is 1. The van der Waals surface area contributed by atoms with E-state index in [1.165, 1.54) is 0 Å². The number of anilines is 3. The van der Waals surface area contributed by atoms with E-state index in [0.29, 0.717) is 43.0 Å². The molecule has 0 atom stereocenters. The largest absolute Gasteiger partial charge is 0.369 e. The van der Waals surface area contributed by atoms with Crippen molar-refractivity contribution in [3.8, 4) is 5.69 Å². The van der Waals surface area contributed by atoms with Crippen molar-refractivity contribution >= 4 is 34.3 Å². The molecule has 10 nitrogen and oxygen atoms in total. The summed E-state index contributed by atoms with van der Waals surface area (Å²) in [5, 5.41) is 3.72. The molecule has 0 unspecified atom stereocenters. The molecule has 2 aromatic carbocycles. The van der Waals surface area contributed by atoms with Gasteiger partial charge in [0, 0.05) is 57.2 Å². The van der Waals surface area contributed by atoms with Gasteiger partial charge in [-0.2, -0.15) is 4.98 Å². The van der Waals surface area contributed by atoms with Gasteiger partial charge in [0.1, 0.15) is 5.39 Å². The lowest BCUT2D eigenvalue weighted by atomic mass is 10.2. The molecular weight excluding hydrogens is 492 g/mol. The van der Waals surface area contributed by atoms with Crippen LogP contribution in [0.3, 0.4) is 0 Å². The van der Waals surface area contributed by atoms with E-state index in [9.17, 15) is 9.59 Å². The van der Waals surface area contributed by atoms with Crippen molar-refractivity contribution in [1.29, 1.82) is 0 Å². The standard InChI is InChI=1S/C29H34N8O2/c1-5-14-36-28(39)25-19-30-29(32-27(25)37(36)24-8-6-7-21(18-24)20-33(2)3)31-22-9-11-23(12-10-22)35-15-13-26(38)34(4)16-17-35/h5-12,18-19H,1,13-17,20H2,2-4H3,(H,30,31,32). The Balaban J connectivity index is 1.45. The van der Waals surface area contributed by atoms with Gasteiger partial charge in [-0.3, -0.25) is 9.59 Å². The van der Waals surface area contributed by atoms with E-state index in [2.05, 4.69) is 38.8 Å². The van der Waals surface area contributed by atoms with E-state index in [1.807, 2.05) is 62.2 Å². The van der Waals surface area contributed by atoms with E-state index in [0.717, 1.165) is 35.7 Å². The summed E-state index contributed by atoms with van der Waals surface area (Å²) < 4.78 is 3.47. The highest BCUT2D eigenvalue weighted by molar-refractivity contribution is 5.78. The second-order valence-electron chi connectivity index (χ2n) is 10.1. The third kappa shape index (κ3) is 5.56. The molecule has 1 saturated heterocycles. The molecule has 4 aromatic rings. The van der Waals surface area contributed by atoms with Crippen LogP contribution in [0, 0.1) is 0 Å². The summed E-state index contributed by atoms with van der Waals surface area (Å²) in [4.78, 5) is 40.6. The molecule has 3 heterocycles. The Kier molecular flexibility index (Phi) is 7.47. The van der Waals surface area contributed by atoms with Gasteiger partial charge in [0.25, 0.3) is 5.56 Å². The number of nitrogens with zero attached hydrogens (tertiary/aromatic N) is 7. The molecule has 202 valence electrons. The molecule has 1 aliphatic heterocycles. The first-order chi connectivity index (χ1) is 18.8. The SMILES string of the molecule is C=CCn1c(=O)c2cnc(Nc3ccc(N4CCC(=O)N(C)CC4)cc3)nc2n1-c1cccc(CN(C)C)c1. The third-order valence-corrected chi connectivity index (χ3v) is 6.85. The van der Waals surface area contributed by atoms with Gasteiger partial charge < -0.3 is 20.0 Å². The van der Waals surface area contributed by atoms with E-state index in [1.54, 1.807) is 21.9 Å². The van der Waals surface area contributed by atoms with Crippen molar-refractivity contribution < 1.29 is 4.79 Å². The minimum atomic E-state index is -0.166. The summed E-state index contributed by atoms with van der Waals surface area (Å²) in [6.07, 6.45) is 3.79. The predicted molar refractivity (Wildman–Crippen MR) is 155 cm³/mol. The number of rotatable bonds is 8. The summed E-state index contributed by atoms with van der Waals surface area (Å²) in [5.74, 6) is 0.569. The monoisotopic (exact) mass is 526 g/mol.